The molecule has 1 aliphatic heterocycles. The van der Waals surface area contributed by atoms with E-state index in [1.165, 1.54) is 0 Å². The molecule has 1 saturated heterocycles. The van der Waals surface area contributed by atoms with Crippen LogP contribution in [0.25, 0.3) is 0 Å². The molecule has 0 unspecified atom stereocenters. The first-order valence-corrected chi connectivity index (χ1v) is 6.44. The van der Waals surface area contributed by atoms with Crippen molar-refractivity contribution in [1.29, 1.82) is 0 Å². The predicted molar refractivity (Wildman–Crippen MR) is 65.3 cm³/mol. The van der Waals surface area contributed by atoms with Gasteiger partial charge in [0.1, 0.15) is 5.60 Å². The highest BCUT2D eigenvalue weighted by Gasteiger charge is 2.56. The molecule has 102 valence electrons. The summed E-state index contributed by atoms with van der Waals surface area (Å²) >= 11 is 0. The Labute approximate surface area is 107 Å². The van der Waals surface area contributed by atoms with Crippen LogP contribution in [0.2, 0.25) is 0 Å². The maximum Gasteiger partial charge on any atom is 0.410 e. The zero-order valence-corrected chi connectivity index (χ0v) is 11.2. The van der Waals surface area contributed by atoms with Gasteiger partial charge in [0, 0.05) is 18.5 Å². The van der Waals surface area contributed by atoms with Crippen LogP contribution in [-0.2, 0) is 9.53 Å². The lowest BCUT2D eigenvalue weighted by molar-refractivity contribution is -0.144. The topological polar surface area (TPSA) is 66.8 Å². The second-order valence-corrected chi connectivity index (χ2v) is 6.48. The van der Waals surface area contributed by atoms with Gasteiger partial charge < -0.3 is 14.7 Å². The standard InChI is InChI=1S/C13H21NO4/c1-12(2,3)18-11(17)14-5-4-13(14)7-9(8-13)6-10(15)16/h9H,4-8H2,1-3H3,(H,15,16). The highest BCUT2D eigenvalue weighted by Crippen LogP contribution is 2.52. The number of likely N-dealkylation sites (tertiary alicyclic amines) is 1. The van der Waals surface area contributed by atoms with Gasteiger partial charge in [0.25, 0.3) is 0 Å². The first-order chi connectivity index (χ1) is 8.22. The van der Waals surface area contributed by atoms with Crippen molar-refractivity contribution in [3.8, 4) is 0 Å². The molecule has 0 aromatic heterocycles. The van der Waals surface area contributed by atoms with Crippen LogP contribution in [0.1, 0.15) is 46.5 Å². The van der Waals surface area contributed by atoms with Crippen molar-refractivity contribution < 1.29 is 19.4 Å². The van der Waals surface area contributed by atoms with Gasteiger partial charge in [-0.25, -0.2) is 4.79 Å². The number of carbonyl (C=O) groups excluding carboxylic acids is 1. The minimum atomic E-state index is -0.752. The molecule has 0 bridgehead atoms. The summed E-state index contributed by atoms with van der Waals surface area (Å²) in [4.78, 5) is 24.4. The molecule has 2 rings (SSSR count). The third-order valence-electron chi connectivity index (χ3n) is 3.79. The molecule has 18 heavy (non-hydrogen) atoms. The van der Waals surface area contributed by atoms with Crippen molar-refractivity contribution >= 4 is 12.1 Å². The summed E-state index contributed by atoms with van der Waals surface area (Å²) in [7, 11) is 0. The van der Waals surface area contributed by atoms with Gasteiger partial charge >= 0.3 is 12.1 Å². The van der Waals surface area contributed by atoms with Crippen molar-refractivity contribution in [2.75, 3.05) is 6.54 Å². The fourth-order valence-corrected chi connectivity index (χ4v) is 2.97. The van der Waals surface area contributed by atoms with E-state index in [4.69, 9.17) is 9.84 Å². The summed E-state index contributed by atoms with van der Waals surface area (Å²) in [6.07, 6.45) is 2.53. The smallest absolute Gasteiger partial charge is 0.410 e. The monoisotopic (exact) mass is 255 g/mol. The van der Waals surface area contributed by atoms with Crippen molar-refractivity contribution in [3.05, 3.63) is 0 Å². The second-order valence-electron chi connectivity index (χ2n) is 6.48. The molecule has 5 heteroatoms. The lowest BCUT2D eigenvalue weighted by Crippen LogP contribution is -2.68. The normalized spacial score (nSPS) is 30.6. The van der Waals surface area contributed by atoms with Gasteiger partial charge in [-0.2, -0.15) is 0 Å². The van der Waals surface area contributed by atoms with E-state index in [2.05, 4.69) is 0 Å². The Kier molecular flexibility index (Phi) is 3.03. The third kappa shape index (κ3) is 2.44. The molecule has 1 spiro atoms. The van der Waals surface area contributed by atoms with Gasteiger partial charge in [-0.15, -0.1) is 0 Å². The number of hydrogen-bond donors (Lipinski definition) is 1. The van der Waals surface area contributed by atoms with E-state index in [1.807, 2.05) is 20.8 Å². The number of carboxylic acid groups (broad SMARTS) is 1. The highest BCUT2D eigenvalue weighted by molar-refractivity contribution is 5.71. The maximum atomic E-state index is 12.0. The zero-order chi connectivity index (χ0) is 13.6. The number of rotatable bonds is 2. The van der Waals surface area contributed by atoms with E-state index in [1.54, 1.807) is 4.90 Å². The minimum absolute atomic E-state index is 0.0948. The van der Waals surface area contributed by atoms with Gasteiger partial charge in [-0.05, 0) is 46.0 Å². The number of carboxylic acids is 1. The second kappa shape index (κ2) is 4.14. The highest BCUT2D eigenvalue weighted by atomic mass is 16.6. The molecule has 0 aromatic carbocycles. The molecular weight excluding hydrogens is 234 g/mol. The molecule has 0 radical (unpaired) electrons. The fraction of sp³-hybridized carbons (Fsp3) is 0.846. The molecule has 5 nitrogen and oxygen atoms in total. The number of ether oxygens (including phenoxy) is 1. The van der Waals surface area contributed by atoms with E-state index in [0.29, 0.717) is 0 Å². The van der Waals surface area contributed by atoms with Crippen LogP contribution in [0.5, 0.6) is 0 Å². The summed E-state index contributed by atoms with van der Waals surface area (Å²) < 4.78 is 5.36. The lowest BCUT2D eigenvalue weighted by atomic mass is 9.61. The number of hydrogen-bond acceptors (Lipinski definition) is 3. The predicted octanol–water partition coefficient (Wildman–Crippen LogP) is 2.25. The maximum absolute atomic E-state index is 12.0. The quantitative estimate of drug-likeness (QED) is 0.821. The summed E-state index contributed by atoms with van der Waals surface area (Å²) in [5, 5.41) is 8.73. The van der Waals surface area contributed by atoms with Crippen LogP contribution in [0.4, 0.5) is 4.79 Å². The molecular formula is C13H21NO4. The Morgan fingerprint density at radius 2 is 2.00 bits per heavy atom. The van der Waals surface area contributed by atoms with E-state index in [9.17, 15) is 9.59 Å². The van der Waals surface area contributed by atoms with E-state index in [-0.39, 0.29) is 24.0 Å². The molecule has 1 saturated carbocycles. The Bertz CT molecular complexity index is 366. The molecule has 1 amide bonds. The summed E-state index contributed by atoms with van der Waals surface area (Å²) in [6.45, 7) is 6.29. The molecule has 1 heterocycles. The molecule has 2 aliphatic rings. The van der Waals surface area contributed by atoms with Gasteiger partial charge in [0.05, 0.1) is 0 Å². The number of nitrogens with zero attached hydrogens (tertiary/aromatic N) is 1. The number of carbonyl (C=O) groups is 2. The summed E-state index contributed by atoms with van der Waals surface area (Å²) in [5.74, 6) is -0.536. The van der Waals surface area contributed by atoms with Crippen LogP contribution in [-0.4, -0.2) is 39.8 Å². The summed E-state index contributed by atoms with van der Waals surface area (Å²) in [6, 6.07) is 0. The van der Waals surface area contributed by atoms with Gasteiger partial charge in [-0.1, -0.05) is 0 Å². The molecule has 1 aliphatic carbocycles. The average molecular weight is 255 g/mol. The zero-order valence-electron chi connectivity index (χ0n) is 11.2. The van der Waals surface area contributed by atoms with Crippen LogP contribution in [0.15, 0.2) is 0 Å². The van der Waals surface area contributed by atoms with E-state index in [0.717, 1.165) is 25.8 Å². The molecule has 0 atom stereocenters. The molecule has 0 aromatic rings. The van der Waals surface area contributed by atoms with Crippen molar-refractivity contribution in [1.82, 2.24) is 4.90 Å². The first-order valence-electron chi connectivity index (χ1n) is 6.44. The van der Waals surface area contributed by atoms with Crippen LogP contribution < -0.4 is 0 Å². The van der Waals surface area contributed by atoms with E-state index >= 15 is 0 Å². The number of aliphatic carboxylic acids is 1. The Morgan fingerprint density at radius 1 is 1.39 bits per heavy atom. The van der Waals surface area contributed by atoms with Crippen molar-refractivity contribution in [2.24, 2.45) is 5.92 Å². The van der Waals surface area contributed by atoms with Crippen LogP contribution in [0.3, 0.4) is 0 Å². The van der Waals surface area contributed by atoms with E-state index < -0.39 is 11.6 Å². The average Bonchev–Trinajstić information content (AvgIpc) is 2.03. The fourth-order valence-electron chi connectivity index (χ4n) is 2.97. The first kappa shape index (κ1) is 13.2. The van der Waals surface area contributed by atoms with Gasteiger partial charge in [0.2, 0.25) is 0 Å². The minimum Gasteiger partial charge on any atom is -0.481 e. The summed E-state index contributed by atoms with van der Waals surface area (Å²) in [5.41, 5.74) is -0.569. The Morgan fingerprint density at radius 3 is 2.39 bits per heavy atom. The Balaban J connectivity index is 1.87. The third-order valence-corrected chi connectivity index (χ3v) is 3.79. The Hall–Kier alpha value is -1.26. The SMILES string of the molecule is CC(C)(C)OC(=O)N1CCC12CC(CC(=O)O)C2. The molecule has 1 N–H and O–H groups in total. The lowest BCUT2D eigenvalue weighted by Gasteiger charge is -2.60. The van der Waals surface area contributed by atoms with Gasteiger partial charge in [-0.3, -0.25) is 4.79 Å². The largest absolute Gasteiger partial charge is 0.481 e. The van der Waals surface area contributed by atoms with Crippen molar-refractivity contribution in [2.45, 2.75) is 57.6 Å². The van der Waals surface area contributed by atoms with Crippen molar-refractivity contribution in [3.63, 3.8) is 0 Å². The van der Waals surface area contributed by atoms with Crippen LogP contribution in [0, 0.1) is 5.92 Å². The van der Waals surface area contributed by atoms with Crippen LogP contribution >= 0.6 is 0 Å². The van der Waals surface area contributed by atoms with Gasteiger partial charge in [0.15, 0.2) is 0 Å². The molecule has 2 fully saturated rings. The number of amides is 1.